The highest BCUT2D eigenvalue weighted by molar-refractivity contribution is 6.01. The Bertz CT molecular complexity index is 655. The third-order valence-electron chi connectivity index (χ3n) is 3.55. The van der Waals surface area contributed by atoms with Crippen LogP contribution in [-0.2, 0) is 15.0 Å². The highest BCUT2D eigenvalue weighted by Gasteiger charge is 2.51. The Labute approximate surface area is 103 Å². The average Bonchev–Trinajstić information content (AvgIpc) is 2.34. The predicted octanol–water partition coefficient (Wildman–Crippen LogP) is 1.92. The fraction of sp³-hybridized carbons (Fsp3) is 0.214. The van der Waals surface area contributed by atoms with Gasteiger partial charge in [0.05, 0.1) is 5.52 Å². The fourth-order valence-electron chi connectivity index (χ4n) is 2.43. The van der Waals surface area contributed by atoms with Crippen molar-refractivity contribution in [1.82, 2.24) is 4.98 Å². The molecule has 1 saturated carbocycles. The number of ketones is 1. The molecule has 4 heteroatoms. The van der Waals surface area contributed by atoms with Crippen molar-refractivity contribution in [1.29, 1.82) is 0 Å². The number of fused-ring (bicyclic) bond motifs is 1. The maximum atomic E-state index is 11.4. The van der Waals surface area contributed by atoms with Crippen LogP contribution in [0.15, 0.2) is 36.5 Å². The molecule has 18 heavy (non-hydrogen) atoms. The molecule has 0 saturated heterocycles. The number of Topliss-reactive ketones (excluding diaryl/α,β-unsaturated/α-hetero) is 1. The van der Waals surface area contributed by atoms with E-state index in [-0.39, 0.29) is 18.6 Å². The van der Waals surface area contributed by atoms with Gasteiger partial charge in [0.1, 0.15) is 11.2 Å². The van der Waals surface area contributed by atoms with Crippen LogP contribution < -0.4 is 0 Å². The molecule has 0 bridgehead atoms. The summed E-state index contributed by atoms with van der Waals surface area (Å²) in [6.07, 6.45) is 1.72. The number of para-hydroxylation sites is 1. The summed E-state index contributed by atoms with van der Waals surface area (Å²) >= 11 is 0. The summed E-state index contributed by atoms with van der Waals surface area (Å²) in [5, 5.41) is 10.2. The van der Waals surface area contributed by atoms with Gasteiger partial charge < -0.3 is 5.11 Å². The van der Waals surface area contributed by atoms with Gasteiger partial charge in [-0.2, -0.15) is 0 Å². The minimum atomic E-state index is -1.06. The van der Waals surface area contributed by atoms with Gasteiger partial charge in [-0.15, -0.1) is 0 Å². The summed E-state index contributed by atoms with van der Waals surface area (Å²) in [6, 6.07) is 9.35. The minimum Gasteiger partial charge on any atom is -0.481 e. The zero-order valence-corrected chi connectivity index (χ0v) is 9.59. The number of hydrogen-bond acceptors (Lipinski definition) is 3. The molecule has 2 aromatic rings. The van der Waals surface area contributed by atoms with Gasteiger partial charge in [0.25, 0.3) is 0 Å². The highest BCUT2D eigenvalue weighted by atomic mass is 16.4. The molecule has 3 rings (SSSR count). The Balaban J connectivity index is 2.13. The van der Waals surface area contributed by atoms with Crippen LogP contribution in [0.4, 0.5) is 0 Å². The van der Waals surface area contributed by atoms with E-state index < -0.39 is 11.4 Å². The quantitative estimate of drug-likeness (QED) is 0.872. The number of hydrogen-bond donors (Lipinski definition) is 1. The molecular formula is C14H11NO3. The zero-order chi connectivity index (χ0) is 12.8. The van der Waals surface area contributed by atoms with E-state index in [1.807, 2.05) is 30.3 Å². The SMILES string of the molecule is O=C1CC(C(=O)O)(c2cnc3ccccc3c2)C1. The summed E-state index contributed by atoms with van der Waals surface area (Å²) in [7, 11) is 0. The zero-order valence-electron chi connectivity index (χ0n) is 9.59. The van der Waals surface area contributed by atoms with Crippen molar-refractivity contribution in [3.63, 3.8) is 0 Å². The van der Waals surface area contributed by atoms with Crippen molar-refractivity contribution < 1.29 is 14.7 Å². The summed E-state index contributed by atoms with van der Waals surface area (Å²) in [5.41, 5.74) is 0.384. The molecule has 1 aliphatic carbocycles. The Morgan fingerprint density at radius 3 is 2.67 bits per heavy atom. The molecule has 1 aromatic heterocycles. The second-order valence-corrected chi connectivity index (χ2v) is 4.70. The van der Waals surface area contributed by atoms with Gasteiger partial charge in [0.2, 0.25) is 0 Å². The summed E-state index contributed by atoms with van der Waals surface area (Å²) in [6.45, 7) is 0. The summed E-state index contributed by atoms with van der Waals surface area (Å²) in [5.74, 6) is -0.954. The lowest BCUT2D eigenvalue weighted by molar-refractivity contribution is -0.153. The topological polar surface area (TPSA) is 67.3 Å². The maximum absolute atomic E-state index is 11.4. The highest BCUT2D eigenvalue weighted by Crippen LogP contribution is 2.41. The number of benzene rings is 1. The van der Waals surface area contributed by atoms with Crippen LogP contribution in [-0.4, -0.2) is 21.8 Å². The normalized spacial score (nSPS) is 17.4. The van der Waals surface area contributed by atoms with Crippen LogP contribution >= 0.6 is 0 Å². The van der Waals surface area contributed by atoms with E-state index in [1.54, 1.807) is 6.20 Å². The maximum Gasteiger partial charge on any atom is 0.315 e. The molecule has 1 heterocycles. The Hall–Kier alpha value is -2.23. The lowest BCUT2D eigenvalue weighted by Crippen LogP contribution is -2.48. The number of carbonyl (C=O) groups excluding carboxylic acids is 1. The first-order valence-corrected chi connectivity index (χ1v) is 5.72. The van der Waals surface area contributed by atoms with E-state index in [1.165, 1.54) is 0 Å². The van der Waals surface area contributed by atoms with Crippen LogP contribution in [0.25, 0.3) is 10.9 Å². The molecule has 1 N–H and O–H groups in total. The molecule has 1 fully saturated rings. The second kappa shape index (κ2) is 3.63. The van der Waals surface area contributed by atoms with E-state index in [2.05, 4.69) is 4.98 Å². The number of nitrogens with zero attached hydrogens (tertiary/aromatic N) is 1. The standard InChI is InChI=1S/C14H11NO3/c16-11-6-14(7-11,13(17)18)10-5-9-3-1-2-4-12(9)15-8-10/h1-5,8H,6-7H2,(H,17,18). The molecule has 0 aliphatic heterocycles. The predicted molar refractivity (Wildman–Crippen MR) is 65.3 cm³/mol. The van der Waals surface area contributed by atoms with Gasteiger partial charge in [0, 0.05) is 24.4 Å². The van der Waals surface area contributed by atoms with Crippen molar-refractivity contribution >= 4 is 22.7 Å². The van der Waals surface area contributed by atoms with E-state index in [9.17, 15) is 14.7 Å². The van der Waals surface area contributed by atoms with Gasteiger partial charge in [-0.25, -0.2) is 0 Å². The number of pyridine rings is 1. The van der Waals surface area contributed by atoms with E-state index in [0.717, 1.165) is 10.9 Å². The van der Waals surface area contributed by atoms with Crippen molar-refractivity contribution in [2.24, 2.45) is 0 Å². The average molecular weight is 241 g/mol. The molecule has 0 atom stereocenters. The lowest BCUT2D eigenvalue weighted by atomic mass is 9.64. The van der Waals surface area contributed by atoms with Crippen molar-refractivity contribution in [3.05, 3.63) is 42.1 Å². The third-order valence-corrected chi connectivity index (χ3v) is 3.55. The third kappa shape index (κ3) is 1.42. The first kappa shape index (κ1) is 10.9. The molecule has 4 nitrogen and oxygen atoms in total. The molecule has 1 aliphatic rings. The molecular weight excluding hydrogens is 230 g/mol. The van der Waals surface area contributed by atoms with Crippen molar-refractivity contribution in [3.8, 4) is 0 Å². The van der Waals surface area contributed by atoms with Crippen LogP contribution in [0.5, 0.6) is 0 Å². The smallest absolute Gasteiger partial charge is 0.315 e. The van der Waals surface area contributed by atoms with Crippen LogP contribution in [0, 0.1) is 0 Å². The number of aliphatic carboxylic acids is 1. The van der Waals surface area contributed by atoms with Gasteiger partial charge in [-0.3, -0.25) is 14.6 Å². The van der Waals surface area contributed by atoms with Gasteiger partial charge in [-0.05, 0) is 17.7 Å². The van der Waals surface area contributed by atoms with Crippen molar-refractivity contribution in [2.45, 2.75) is 18.3 Å². The molecule has 1 aromatic carbocycles. The first-order chi connectivity index (χ1) is 8.62. The largest absolute Gasteiger partial charge is 0.481 e. The van der Waals surface area contributed by atoms with Crippen LogP contribution in [0.3, 0.4) is 0 Å². The van der Waals surface area contributed by atoms with Crippen molar-refractivity contribution in [2.75, 3.05) is 0 Å². The summed E-state index contributed by atoms with van der Waals surface area (Å²) in [4.78, 5) is 26.8. The monoisotopic (exact) mass is 241 g/mol. The Kier molecular flexibility index (Phi) is 2.20. The number of carbonyl (C=O) groups is 2. The summed E-state index contributed by atoms with van der Waals surface area (Å²) < 4.78 is 0. The Morgan fingerprint density at radius 2 is 2.00 bits per heavy atom. The first-order valence-electron chi connectivity index (χ1n) is 5.72. The van der Waals surface area contributed by atoms with Gasteiger partial charge in [0.15, 0.2) is 0 Å². The minimum absolute atomic E-state index is 0.00874. The molecule has 90 valence electrons. The van der Waals surface area contributed by atoms with E-state index in [4.69, 9.17) is 0 Å². The molecule has 0 unspecified atom stereocenters. The molecule has 0 amide bonds. The fourth-order valence-corrected chi connectivity index (χ4v) is 2.43. The second-order valence-electron chi connectivity index (χ2n) is 4.70. The number of carboxylic acid groups (broad SMARTS) is 1. The van der Waals surface area contributed by atoms with Gasteiger partial charge >= 0.3 is 5.97 Å². The number of carboxylic acids is 1. The van der Waals surface area contributed by atoms with E-state index in [0.29, 0.717) is 5.56 Å². The number of aromatic nitrogens is 1. The van der Waals surface area contributed by atoms with E-state index >= 15 is 0 Å². The molecule has 0 spiro atoms. The lowest BCUT2D eigenvalue weighted by Gasteiger charge is -2.36. The molecule has 0 radical (unpaired) electrons. The van der Waals surface area contributed by atoms with Crippen LogP contribution in [0.2, 0.25) is 0 Å². The number of rotatable bonds is 2. The van der Waals surface area contributed by atoms with Crippen LogP contribution in [0.1, 0.15) is 18.4 Å². The van der Waals surface area contributed by atoms with Gasteiger partial charge in [-0.1, -0.05) is 18.2 Å². The Morgan fingerprint density at radius 1 is 1.28 bits per heavy atom.